The van der Waals surface area contributed by atoms with Gasteiger partial charge in [0.2, 0.25) is 5.39 Å². The minimum Gasteiger partial charge on any atom is -0.505 e. The van der Waals surface area contributed by atoms with Gasteiger partial charge in [-0.15, -0.1) is 0 Å². The van der Waals surface area contributed by atoms with Crippen molar-refractivity contribution in [1.82, 2.24) is 0 Å². The van der Waals surface area contributed by atoms with Crippen molar-refractivity contribution in [2.45, 2.75) is 52.9 Å². The molecule has 1 aliphatic rings. The number of aliphatic hydroxyl groups excluding tert-OH is 1. The summed E-state index contributed by atoms with van der Waals surface area (Å²) < 4.78 is 0. The molecular weight excluding hydrogens is 212 g/mol. The molecule has 1 N–H and O–H groups in total. The summed E-state index contributed by atoms with van der Waals surface area (Å²) in [6, 6.07) is 0. The van der Waals surface area contributed by atoms with Crippen LogP contribution >= 0.6 is 0 Å². The van der Waals surface area contributed by atoms with Crippen molar-refractivity contribution in [2.24, 2.45) is 10.8 Å². The Kier molecular flexibility index (Phi) is 3.98. The van der Waals surface area contributed by atoms with Crippen LogP contribution in [0.2, 0.25) is 0 Å². The molecule has 94 valence electrons. The summed E-state index contributed by atoms with van der Waals surface area (Å²) in [6.07, 6.45) is 6.01. The maximum Gasteiger partial charge on any atom is 0.387 e. The topological polar surface area (TPSA) is 48.4 Å². The van der Waals surface area contributed by atoms with Crippen molar-refractivity contribution in [3.63, 3.8) is 0 Å². The van der Waals surface area contributed by atoms with Gasteiger partial charge in [0.05, 0.1) is 0 Å². The molecule has 0 heterocycles. The zero-order valence-electron chi connectivity index (χ0n) is 11.2. The van der Waals surface area contributed by atoms with Crippen LogP contribution in [0.5, 0.6) is 0 Å². The molecule has 1 rings (SSSR count). The summed E-state index contributed by atoms with van der Waals surface area (Å²) in [5.41, 5.74) is 1.55. The Balaban J connectivity index is 2.72. The molecule has 3 nitrogen and oxygen atoms in total. The lowest BCUT2D eigenvalue weighted by Crippen LogP contribution is -2.33. The highest BCUT2D eigenvalue weighted by Gasteiger charge is 2.39. The fourth-order valence-corrected chi connectivity index (χ4v) is 2.85. The number of rotatable bonds is 3. The van der Waals surface area contributed by atoms with E-state index >= 15 is 0 Å². The minimum atomic E-state index is 0.0824. The normalized spacial score (nSPS) is 28.8. The van der Waals surface area contributed by atoms with Gasteiger partial charge >= 0.3 is 6.20 Å². The van der Waals surface area contributed by atoms with E-state index in [1.807, 2.05) is 0 Å². The third-order valence-electron chi connectivity index (χ3n) is 4.22. The number of aliphatic hydroxyl groups is 1. The van der Waals surface area contributed by atoms with E-state index in [0.717, 1.165) is 19.0 Å². The Morgan fingerprint density at radius 2 is 2.12 bits per heavy atom. The van der Waals surface area contributed by atoms with E-state index in [4.69, 9.17) is 5.39 Å². The van der Waals surface area contributed by atoms with Crippen molar-refractivity contribution in [3.05, 3.63) is 29.1 Å². The third kappa shape index (κ3) is 3.09. The molecule has 1 saturated carbocycles. The number of hydrogen-bond acceptors (Lipinski definition) is 2. The molecule has 0 aromatic carbocycles. The first-order chi connectivity index (χ1) is 7.82. The molecule has 0 aromatic rings. The van der Waals surface area contributed by atoms with E-state index in [0.29, 0.717) is 6.42 Å². The lowest BCUT2D eigenvalue weighted by molar-refractivity contribution is 0.182. The van der Waals surface area contributed by atoms with Crippen molar-refractivity contribution in [2.75, 3.05) is 0 Å². The van der Waals surface area contributed by atoms with E-state index in [-0.39, 0.29) is 16.6 Å². The van der Waals surface area contributed by atoms with Crippen LogP contribution in [-0.2, 0) is 0 Å². The van der Waals surface area contributed by atoms with Crippen molar-refractivity contribution < 1.29 is 5.11 Å². The van der Waals surface area contributed by atoms with E-state index in [1.54, 1.807) is 0 Å². The van der Waals surface area contributed by atoms with Gasteiger partial charge in [-0.3, -0.25) is 0 Å². The molecule has 0 radical (unpaired) electrons. The maximum absolute atomic E-state index is 9.49. The summed E-state index contributed by atoms with van der Waals surface area (Å²) in [5.74, 6) is 0.130. The van der Waals surface area contributed by atoms with Gasteiger partial charge in [-0.05, 0) is 30.1 Å². The Hall–Kier alpha value is -1.30. The van der Waals surface area contributed by atoms with Crippen LogP contribution in [0.15, 0.2) is 24.1 Å². The van der Waals surface area contributed by atoms with Gasteiger partial charge in [-0.25, -0.2) is 0 Å². The highest BCUT2D eigenvalue weighted by Crippen LogP contribution is 2.52. The van der Waals surface area contributed by atoms with Gasteiger partial charge in [0.25, 0.3) is 0 Å². The second-order valence-corrected chi connectivity index (χ2v) is 6.01. The highest BCUT2D eigenvalue weighted by molar-refractivity contribution is 5.20. The van der Waals surface area contributed by atoms with Crippen molar-refractivity contribution in [3.8, 4) is 0 Å². The van der Waals surface area contributed by atoms with Gasteiger partial charge in [0.1, 0.15) is 0 Å². The van der Waals surface area contributed by atoms with Crippen LogP contribution in [0.25, 0.3) is 4.98 Å². The van der Waals surface area contributed by atoms with Gasteiger partial charge in [0.15, 0.2) is 10.7 Å². The monoisotopic (exact) mass is 235 g/mol. The summed E-state index contributed by atoms with van der Waals surface area (Å²) in [6.45, 7) is 11.0. The molecule has 17 heavy (non-hydrogen) atoms. The first-order valence-corrected chi connectivity index (χ1v) is 6.24. The average Bonchev–Trinajstić information content (AvgIpc) is 2.24. The summed E-state index contributed by atoms with van der Waals surface area (Å²) in [7, 11) is 0. The molecule has 1 fully saturated rings. The lowest BCUT2D eigenvalue weighted by Gasteiger charge is -2.45. The fraction of sp³-hybridized carbons (Fsp3) is 0.714. The molecular formula is C14H23N2O+. The quantitative estimate of drug-likeness (QED) is 0.434. The van der Waals surface area contributed by atoms with Gasteiger partial charge in [0, 0.05) is 6.42 Å². The number of diazo groups is 1. The zero-order chi connectivity index (χ0) is 13.1. The Bertz CT molecular complexity index is 376. The molecule has 0 spiro atoms. The lowest BCUT2D eigenvalue weighted by atomic mass is 9.59. The first kappa shape index (κ1) is 13.8. The predicted molar refractivity (Wildman–Crippen MR) is 69.9 cm³/mol. The molecule has 0 saturated heterocycles. The number of nitrogens with zero attached hydrogens (tertiary/aromatic N) is 2. The van der Waals surface area contributed by atoms with Gasteiger partial charge < -0.3 is 5.11 Å². The second-order valence-electron chi connectivity index (χ2n) is 6.01. The molecule has 1 aliphatic carbocycles. The van der Waals surface area contributed by atoms with Crippen molar-refractivity contribution in [1.29, 1.82) is 5.39 Å². The molecule has 0 aromatic heterocycles. The zero-order valence-corrected chi connectivity index (χ0v) is 11.2. The Labute approximate surface area is 104 Å². The fourth-order valence-electron chi connectivity index (χ4n) is 2.85. The van der Waals surface area contributed by atoms with E-state index in [9.17, 15) is 5.11 Å². The second kappa shape index (κ2) is 4.91. The van der Waals surface area contributed by atoms with Crippen LogP contribution in [0.3, 0.4) is 0 Å². The van der Waals surface area contributed by atoms with Crippen molar-refractivity contribution >= 4 is 0 Å². The Morgan fingerprint density at radius 3 is 2.71 bits per heavy atom. The minimum absolute atomic E-state index is 0.0824. The molecule has 0 aliphatic heterocycles. The summed E-state index contributed by atoms with van der Waals surface area (Å²) in [5, 5.41) is 17.8. The maximum atomic E-state index is 9.49. The predicted octanol–water partition coefficient (Wildman–Crippen LogP) is 4.79. The molecule has 0 bridgehead atoms. The number of allylic oxidation sites excluding steroid dienone is 2. The standard InChI is InChI=1S/C14H22N2O/c1-11-13(2,3)7-5-8-14(11,4)9-6-12(17)10-16-15/h10H,1,5-9H2,2-4H3/p+1/b12-10-/t14-/m1/s1. The molecule has 3 heteroatoms. The summed E-state index contributed by atoms with van der Waals surface area (Å²) in [4.78, 5) is 2.84. The van der Waals surface area contributed by atoms with E-state index in [2.05, 4.69) is 32.3 Å². The van der Waals surface area contributed by atoms with Crippen LogP contribution in [-0.4, -0.2) is 5.11 Å². The SMILES string of the molecule is C=C1C(C)(C)CCC[C@]1(C)CC/C(O)=C/[N+]#N. The van der Waals surface area contributed by atoms with Crippen LogP contribution in [0.4, 0.5) is 0 Å². The molecule has 0 unspecified atom stereocenters. The summed E-state index contributed by atoms with van der Waals surface area (Å²) >= 11 is 0. The van der Waals surface area contributed by atoms with E-state index in [1.165, 1.54) is 18.4 Å². The van der Waals surface area contributed by atoms with Gasteiger partial charge in [-0.2, -0.15) is 0 Å². The smallest absolute Gasteiger partial charge is 0.387 e. The third-order valence-corrected chi connectivity index (χ3v) is 4.22. The van der Waals surface area contributed by atoms with Crippen LogP contribution in [0.1, 0.15) is 52.9 Å². The van der Waals surface area contributed by atoms with Crippen LogP contribution < -0.4 is 0 Å². The van der Waals surface area contributed by atoms with Gasteiger partial charge in [-0.1, -0.05) is 39.3 Å². The number of hydrogen-bond donors (Lipinski definition) is 1. The molecule has 1 atom stereocenters. The van der Waals surface area contributed by atoms with Crippen LogP contribution in [0, 0.1) is 16.2 Å². The largest absolute Gasteiger partial charge is 0.505 e. The van der Waals surface area contributed by atoms with E-state index < -0.39 is 0 Å². The highest BCUT2D eigenvalue weighted by atomic mass is 16.3. The average molecular weight is 235 g/mol. The first-order valence-electron chi connectivity index (χ1n) is 6.24. The Morgan fingerprint density at radius 1 is 1.47 bits per heavy atom. The molecule has 0 amide bonds.